The molecule has 3 heteroatoms. The monoisotopic (exact) mass is 748 g/mol. The van der Waals surface area contributed by atoms with E-state index in [1.807, 2.05) is 0 Å². The minimum Gasteiger partial charge on any atom is -0.399 e. The molecule has 0 amide bonds. The normalized spacial score (nSPS) is 15.8. The number of hydrogen-bond donors (Lipinski definition) is 0. The fourth-order valence-corrected chi connectivity index (χ4v) is 9.09. The second kappa shape index (κ2) is 14.0. The van der Waals surface area contributed by atoms with Gasteiger partial charge in [-0.25, -0.2) is 0 Å². The van der Waals surface area contributed by atoms with Crippen LogP contribution in [0, 0.1) is 0 Å². The minimum absolute atomic E-state index is 0.472. The Morgan fingerprint density at radius 3 is 1.10 bits per heavy atom. The van der Waals surface area contributed by atoms with Crippen molar-refractivity contribution in [3.05, 3.63) is 222 Å². The van der Waals surface area contributed by atoms with Crippen LogP contribution in [-0.2, 0) is 14.7 Å². The van der Waals surface area contributed by atoms with Gasteiger partial charge in [-0.2, -0.15) is 0 Å². The summed E-state index contributed by atoms with van der Waals surface area (Å²) in [4.78, 5) is 0. The lowest BCUT2D eigenvalue weighted by Crippen LogP contribution is -2.41. The van der Waals surface area contributed by atoms with E-state index < -0.39 is 23.7 Å². The molecular formula is C55H45BO2. The minimum atomic E-state index is -0.728. The molecule has 0 unspecified atom stereocenters. The maximum absolute atomic E-state index is 6.75. The topological polar surface area (TPSA) is 18.5 Å². The van der Waals surface area contributed by atoms with Gasteiger partial charge in [-0.1, -0.05) is 164 Å². The third-order valence-corrected chi connectivity index (χ3v) is 12.8. The highest BCUT2D eigenvalue weighted by atomic mass is 16.7. The van der Waals surface area contributed by atoms with Crippen molar-refractivity contribution >= 4 is 12.6 Å². The van der Waals surface area contributed by atoms with E-state index in [-0.39, 0.29) is 0 Å². The molecule has 1 aliphatic heterocycles. The molecule has 58 heavy (non-hydrogen) atoms. The maximum atomic E-state index is 6.75. The fourth-order valence-electron chi connectivity index (χ4n) is 9.09. The quantitative estimate of drug-likeness (QED) is 0.151. The first-order valence-corrected chi connectivity index (χ1v) is 20.3. The highest BCUT2D eigenvalue weighted by Gasteiger charge is 2.53. The average molecular weight is 749 g/mol. The third kappa shape index (κ3) is 5.97. The van der Waals surface area contributed by atoms with Gasteiger partial charge in [0, 0.05) is 0 Å². The van der Waals surface area contributed by atoms with Crippen molar-refractivity contribution in [2.24, 2.45) is 0 Å². The zero-order valence-corrected chi connectivity index (χ0v) is 33.4. The molecule has 0 aromatic heterocycles. The van der Waals surface area contributed by atoms with Gasteiger partial charge in [0.15, 0.2) is 0 Å². The van der Waals surface area contributed by atoms with E-state index >= 15 is 0 Å². The Morgan fingerprint density at radius 1 is 0.328 bits per heavy atom. The number of benzene rings is 8. The van der Waals surface area contributed by atoms with Crippen molar-refractivity contribution in [3.8, 4) is 55.6 Å². The molecule has 8 aromatic carbocycles. The van der Waals surface area contributed by atoms with E-state index in [0.29, 0.717) is 0 Å². The van der Waals surface area contributed by atoms with Crippen LogP contribution in [0.3, 0.4) is 0 Å². The molecule has 0 bridgehead atoms. The molecule has 1 fully saturated rings. The summed E-state index contributed by atoms with van der Waals surface area (Å²) in [5.41, 5.74) is 16.1. The summed E-state index contributed by atoms with van der Waals surface area (Å²) < 4.78 is 13.5. The van der Waals surface area contributed by atoms with Gasteiger partial charge in [0.05, 0.1) is 16.6 Å². The van der Waals surface area contributed by atoms with Crippen LogP contribution in [0.15, 0.2) is 200 Å². The molecule has 2 nitrogen and oxygen atoms in total. The van der Waals surface area contributed by atoms with E-state index in [4.69, 9.17) is 9.31 Å². The Kier molecular flexibility index (Phi) is 8.71. The second-order valence-corrected chi connectivity index (χ2v) is 16.8. The molecule has 0 radical (unpaired) electrons. The molecule has 10 rings (SSSR count). The van der Waals surface area contributed by atoms with Crippen molar-refractivity contribution in [2.45, 2.75) is 44.3 Å². The fraction of sp³-hybridized carbons (Fsp3) is 0.127. The van der Waals surface area contributed by atoms with E-state index in [2.05, 4.69) is 228 Å². The van der Waals surface area contributed by atoms with Gasteiger partial charge >= 0.3 is 7.12 Å². The molecule has 1 saturated heterocycles. The Bertz CT molecular complexity index is 2520. The van der Waals surface area contributed by atoms with Gasteiger partial charge in [0.25, 0.3) is 0 Å². The van der Waals surface area contributed by atoms with Crippen LogP contribution in [0.25, 0.3) is 55.6 Å². The summed E-state index contributed by atoms with van der Waals surface area (Å²) in [5.74, 6) is 0. The smallest absolute Gasteiger partial charge is 0.399 e. The van der Waals surface area contributed by atoms with E-state index in [1.54, 1.807) is 0 Å². The molecular weight excluding hydrogens is 703 g/mol. The summed E-state index contributed by atoms with van der Waals surface area (Å²) in [6, 6.07) is 73.5. The molecule has 8 aromatic rings. The molecule has 0 atom stereocenters. The van der Waals surface area contributed by atoms with E-state index in [1.165, 1.54) is 77.9 Å². The Labute approximate surface area is 342 Å². The van der Waals surface area contributed by atoms with Gasteiger partial charge in [0.1, 0.15) is 0 Å². The van der Waals surface area contributed by atoms with Gasteiger partial charge in [0.2, 0.25) is 0 Å². The molecule has 2 aliphatic rings. The van der Waals surface area contributed by atoms with Gasteiger partial charge in [-0.05, 0) is 147 Å². The highest BCUT2D eigenvalue weighted by Crippen LogP contribution is 2.57. The Balaban J connectivity index is 1.34. The summed E-state index contributed by atoms with van der Waals surface area (Å²) in [6.07, 6.45) is 0. The summed E-state index contributed by atoms with van der Waals surface area (Å²) in [5, 5.41) is 0. The van der Waals surface area contributed by atoms with Crippen molar-refractivity contribution < 1.29 is 9.31 Å². The first kappa shape index (κ1) is 36.1. The van der Waals surface area contributed by atoms with Crippen LogP contribution in [0.1, 0.15) is 49.9 Å². The summed E-state index contributed by atoms with van der Waals surface area (Å²) in [7, 11) is -0.511. The largest absolute Gasteiger partial charge is 0.494 e. The van der Waals surface area contributed by atoms with Crippen LogP contribution in [0.2, 0.25) is 0 Å². The standard InChI is InChI=1S/C55H45BO2/c1-53(2)54(3,4)58-56(57-53)48-29-30-50-49-27-17-18-28-51(49)55(52(50)37-48,46-33-42(38-19-9-5-10-20-38)31-43(34-46)39-21-11-6-12-22-39)47-35-44(40-23-13-7-14-24-40)32-45(36-47)41-25-15-8-16-26-41/h5-37H,1-4H3. The number of fused-ring (bicyclic) bond motifs is 3. The zero-order valence-electron chi connectivity index (χ0n) is 33.4. The zero-order chi connectivity index (χ0) is 39.5. The molecule has 1 aliphatic carbocycles. The predicted octanol–water partition coefficient (Wildman–Crippen LogP) is 13.0. The lowest BCUT2D eigenvalue weighted by molar-refractivity contribution is 0.00578. The first-order chi connectivity index (χ1) is 28.2. The van der Waals surface area contributed by atoms with Crippen molar-refractivity contribution in [2.75, 3.05) is 0 Å². The Morgan fingerprint density at radius 2 is 0.690 bits per heavy atom. The Hall–Kier alpha value is -6.26. The van der Waals surface area contributed by atoms with Crippen molar-refractivity contribution in [3.63, 3.8) is 0 Å². The molecule has 0 saturated carbocycles. The van der Waals surface area contributed by atoms with Gasteiger partial charge < -0.3 is 9.31 Å². The number of rotatable bonds is 7. The van der Waals surface area contributed by atoms with Crippen LogP contribution < -0.4 is 5.46 Å². The van der Waals surface area contributed by atoms with Crippen molar-refractivity contribution in [1.82, 2.24) is 0 Å². The van der Waals surface area contributed by atoms with Crippen LogP contribution in [0.5, 0.6) is 0 Å². The average Bonchev–Trinajstić information content (AvgIpc) is 3.70. The third-order valence-electron chi connectivity index (χ3n) is 12.8. The molecule has 0 N–H and O–H groups in total. The van der Waals surface area contributed by atoms with Crippen LogP contribution in [-0.4, -0.2) is 18.3 Å². The van der Waals surface area contributed by atoms with E-state index in [9.17, 15) is 0 Å². The van der Waals surface area contributed by atoms with E-state index in [0.717, 1.165) is 5.46 Å². The van der Waals surface area contributed by atoms with Crippen molar-refractivity contribution in [1.29, 1.82) is 0 Å². The second-order valence-electron chi connectivity index (χ2n) is 16.8. The molecule has 280 valence electrons. The van der Waals surface area contributed by atoms with Crippen LogP contribution >= 0.6 is 0 Å². The lowest BCUT2D eigenvalue weighted by Gasteiger charge is -2.36. The summed E-state index contributed by atoms with van der Waals surface area (Å²) >= 11 is 0. The molecule has 0 spiro atoms. The predicted molar refractivity (Wildman–Crippen MR) is 241 cm³/mol. The molecule has 1 heterocycles. The highest BCUT2D eigenvalue weighted by molar-refractivity contribution is 6.62. The number of hydrogen-bond acceptors (Lipinski definition) is 2. The summed E-state index contributed by atoms with van der Waals surface area (Å²) in [6.45, 7) is 8.50. The maximum Gasteiger partial charge on any atom is 0.494 e. The van der Waals surface area contributed by atoms with Gasteiger partial charge in [-0.15, -0.1) is 0 Å². The van der Waals surface area contributed by atoms with Gasteiger partial charge in [-0.3, -0.25) is 0 Å². The lowest BCUT2D eigenvalue weighted by atomic mass is 9.65. The van der Waals surface area contributed by atoms with Crippen LogP contribution in [0.4, 0.5) is 0 Å². The first-order valence-electron chi connectivity index (χ1n) is 20.3. The SMILES string of the molecule is CC1(C)OB(c2ccc3c(c2)C(c2cc(-c4ccccc4)cc(-c4ccccc4)c2)(c2cc(-c4ccccc4)cc(-c4ccccc4)c2)c2ccccc2-3)OC1(C)C.